The van der Waals surface area contributed by atoms with Gasteiger partial charge in [0, 0.05) is 11.1 Å². The molecule has 1 unspecified atom stereocenters. The average Bonchev–Trinajstić information content (AvgIpc) is 3.45. The molecular formula is C33H30F3N3O6S. The molecule has 13 heteroatoms. The largest absolute Gasteiger partial charge is 0.457 e. The molecule has 0 aliphatic heterocycles. The number of anilines is 1. The summed E-state index contributed by atoms with van der Waals surface area (Å²) in [5.74, 6) is -0.504. The zero-order chi connectivity index (χ0) is 33.1. The van der Waals surface area contributed by atoms with Crippen molar-refractivity contribution < 1.29 is 40.4 Å². The van der Waals surface area contributed by atoms with Crippen molar-refractivity contribution in [2.75, 3.05) is 18.5 Å². The average molecular weight is 654 g/mol. The summed E-state index contributed by atoms with van der Waals surface area (Å²) in [6.45, 7) is 0.913. The Morgan fingerprint density at radius 1 is 0.935 bits per heavy atom. The smallest absolute Gasteiger partial charge is 0.421 e. The van der Waals surface area contributed by atoms with Crippen molar-refractivity contribution in [1.82, 2.24) is 9.78 Å². The summed E-state index contributed by atoms with van der Waals surface area (Å²) in [4.78, 5) is 12.2. The van der Waals surface area contributed by atoms with E-state index in [0.29, 0.717) is 27.7 Å². The van der Waals surface area contributed by atoms with Crippen LogP contribution < -0.4 is 5.32 Å². The molecule has 5 aromatic rings. The topological polar surface area (TPSA) is 120 Å². The summed E-state index contributed by atoms with van der Waals surface area (Å²) >= 11 is 0. The summed E-state index contributed by atoms with van der Waals surface area (Å²) < 4.78 is 78.9. The zero-order valence-corrected chi connectivity index (χ0v) is 25.6. The fraction of sp³-hybridized carbons (Fsp3) is 0.212. The van der Waals surface area contributed by atoms with Gasteiger partial charge < -0.3 is 15.2 Å². The number of aliphatic hydroxyl groups is 1. The number of hydrogen-bond acceptors (Lipinski definition) is 8. The minimum Gasteiger partial charge on any atom is -0.457 e. The number of nitrogens with one attached hydrogen (secondary N) is 1. The molecule has 240 valence electrons. The number of halogens is 3. The maximum absolute atomic E-state index is 14.1. The SMILES string of the molecule is Cc1ccc(S(=O)(=O)OCC(O)(CNc2cc(C)cc3c2cnn3-c2ccc(C(=O)OCc3ccccc3)cc2)C(F)(F)F)cc1. The van der Waals surface area contributed by atoms with Crippen LogP contribution in [0.25, 0.3) is 16.6 Å². The van der Waals surface area contributed by atoms with Gasteiger partial charge in [0.1, 0.15) is 13.2 Å². The third kappa shape index (κ3) is 7.22. The van der Waals surface area contributed by atoms with Crippen LogP contribution in [0.1, 0.15) is 27.0 Å². The van der Waals surface area contributed by atoms with Gasteiger partial charge in [-0.05, 0) is 73.5 Å². The van der Waals surface area contributed by atoms with Crippen LogP contribution >= 0.6 is 0 Å². The molecule has 0 fully saturated rings. The van der Waals surface area contributed by atoms with Gasteiger partial charge in [0.2, 0.25) is 5.60 Å². The molecule has 0 radical (unpaired) electrons. The van der Waals surface area contributed by atoms with Gasteiger partial charge in [-0.25, -0.2) is 9.48 Å². The van der Waals surface area contributed by atoms with Crippen molar-refractivity contribution in [1.29, 1.82) is 0 Å². The van der Waals surface area contributed by atoms with E-state index >= 15 is 0 Å². The van der Waals surface area contributed by atoms with Crippen LogP contribution in [-0.4, -0.2) is 54.2 Å². The van der Waals surface area contributed by atoms with Gasteiger partial charge in [-0.15, -0.1) is 0 Å². The molecule has 0 bridgehead atoms. The molecule has 0 spiro atoms. The van der Waals surface area contributed by atoms with E-state index in [4.69, 9.17) is 4.74 Å². The summed E-state index contributed by atoms with van der Waals surface area (Å²) in [7, 11) is -4.58. The fourth-order valence-electron chi connectivity index (χ4n) is 4.59. The van der Waals surface area contributed by atoms with E-state index in [2.05, 4.69) is 14.6 Å². The lowest BCUT2D eigenvalue weighted by molar-refractivity contribution is -0.262. The molecule has 0 aliphatic rings. The minimum absolute atomic E-state index is 0.123. The second kappa shape index (κ2) is 12.9. The quantitative estimate of drug-likeness (QED) is 0.130. The Hall–Kier alpha value is -4.72. The van der Waals surface area contributed by atoms with E-state index < -0.39 is 41.0 Å². The summed E-state index contributed by atoms with van der Waals surface area (Å²) in [5, 5.41) is 18.1. The molecule has 0 saturated heterocycles. The molecule has 4 aromatic carbocycles. The third-order valence-electron chi connectivity index (χ3n) is 7.25. The molecule has 46 heavy (non-hydrogen) atoms. The Morgan fingerprint density at radius 3 is 2.26 bits per heavy atom. The number of fused-ring (bicyclic) bond motifs is 1. The number of nitrogens with zero attached hydrogens (tertiary/aromatic N) is 2. The first kappa shape index (κ1) is 32.7. The van der Waals surface area contributed by atoms with Gasteiger partial charge in [-0.2, -0.15) is 26.7 Å². The Balaban J connectivity index is 1.33. The number of aryl methyl sites for hydroxylation is 2. The number of alkyl halides is 3. The van der Waals surface area contributed by atoms with E-state index in [1.54, 1.807) is 54.9 Å². The van der Waals surface area contributed by atoms with Crippen LogP contribution in [0.4, 0.5) is 18.9 Å². The lowest BCUT2D eigenvalue weighted by Gasteiger charge is -2.30. The highest BCUT2D eigenvalue weighted by Gasteiger charge is 2.55. The highest BCUT2D eigenvalue weighted by atomic mass is 32.2. The van der Waals surface area contributed by atoms with Gasteiger partial charge in [-0.3, -0.25) is 4.18 Å². The van der Waals surface area contributed by atoms with Crippen LogP contribution in [0.5, 0.6) is 0 Å². The van der Waals surface area contributed by atoms with E-state index in [1.165, 1.54) is 30.5 Å². The van der Waals surface area contributed by atoms with Crippen LogP contribution in [0, 0.1) is 13.8 Å². The van der Waals surface area contributed by atoms with Crippen molar-refractivity contribution in [3.63, 3.8) is 0 Å². The number of esters is 1. The second-order valence-electron chi connectivity index (χ2n) is 10.8. The fourth-order valence-corrected chi connectivity index (χ4v) is 5.54. The van der Waals surface area contributed by atoms with Crippen molar-refractivity contribution in [3.05, 3.63) is 119 Å². The lowest BCUT2D eigenvalue weighted by atomic mass is 10.0. The minimum atomic E-state index is -5.24. The maximum atomic E-state index is 14.1. The van der Waals surface area contributed by atoms with Crippen LogP contribution in [0.3, 0.4) is 0 Å². The van der Waals surface area contributed by atoms with Gasteiger partial charge >= 0.3 is 12.1 Å². The number of rotatable bonds is 11. The van der Waals surface area contributed by atoms with Crippen LogP contribution in [-0.2, 0) is 25.6 Å². The van der Waals surface area contributed by atoms with Gasteiger partial charge in [0.15, 0.2) is 0 Å². The van der Waals surface area contributed by atoms with E-state index in [1.807, 2.05) is 30.3 Å². The van der Waals surface area contributed by atoms with Gasteiger partial charge in [0.05, 0.1) is 34.4 Å². The first-order chi connectivity index (χ1) is 21.8. The molecule has 9 nitrogen and oxygen atoms in total. The standard InChI is InChI=1S/C33H30F3N3O6S/c1-22-8-14-27(15-9-22)46(42,43)45-21-32(41,33(34,35)36)20-37-29-16-23(2)17-30-28(29)18-38-39(30)26-12-10-25(11-13-26)31(40)44-19-24-6-4-3-5-7-24/h3-18,37,41H,19-21H2,1-2H3. The number of aromatic nitrogens is 2. The maximum Gasteiger partial charge on any atom is 0.421 e. The highest BCUT2D eigenvalue weighted by Crippen LogP contribution is 2.34. The number of carbonyl (C=O) groups excluding carboxylic acids is 1. The zero-order valence-electron chi connectivity index (χ0n) is 24.8. The molecule has 2 N–H and O–H groups in total. The molecule has 0 saturated carbocycles. The molecule has 0 aliphatic carbocycles. The first-order valence-electron chi connectivity index (χ1n) is 14.0. The Labute approximate surface area is 263 Å². The number of ether oxygens (including phenoxy) is 1. The van der Waals surface area contributed by atoms with Gasteiger partial charge in [-0.1, -0.05) is 48.0 Å². The normalized spacial score (nSPS) is 13.3. The number of hydrogen-bond donors (Lipinski definition) is 2. The predicted octanol–water partition coefficient (Wildman–Crippen LogP) is 6.11. The Bertz CT molecular complexity index is 1950. The molecule has 1 aromatic heterocycles. The highest BCUT2D eigenvalue weighted by molar-refractivity contribution is 7.86. The summed E-state index contributed by atoms with van der Waals surface area (Å²) in [6, 6.07) is 24.5. The second-order valence-corrected chi connectivity index (χ2v) is 12.4. The molecule has 5 rings (SSSR count). The van der Waals surface area contributed by atoms with Crippen molar-refractivity contribution in [2.45, 2.75) is 37.1 Å². The summed E-state index contributed by atoms with van der Waals surface area (Å²) in [5.41, 5.74) is 0.388. The lowest BCUT2D eigenvalue weighted by Crippen LogP contribution is -2.54. The van der Waals surface area contributed by atoms with E-state index in [0.717, 1.165) is 11.1 Å². The Morgan fingerprint density at radius 2 is 1.61 bits per heavy atom. The third-order valence-corrected chi connectivity index (χ3v) is 8.53. The van der Waals surface area contributed by atoms with Crippen molar-refractivity contribution in [2.24, 2.45) is 0 Å². The molecule has 1 atom stereocenters. The molecule has 0 amide bonds. The predicted molar refractivity (Wildman–Crippen MR) is 165 cm³/mol. The van der Waals surface area contributed by atoms with Crippen LogP contribution in [0.15, 0.2) is 102 Å². The molecule has 1 heterocycles. The summed E-state index contributed by atoms with van der Waals surface area (Å²) in [6.07, 6.45) is -3.79. The first-order valence-corrected chi connectivity index (χ1v) is 15.5. The van der Waals surface area contributed by atoms with E-state index in [9.17, 15) is 31.5 Å². The van der Waals surface area contributed by atoms with Gasteiger partial charge in [0.25, 0.3) is 10.1 Å². The monoisotopic (exact) mass is 653 g/mol. The Kier molecular flexibility index (Phi) is 9.20. The van der Waals surface area contributed by atoms with Crippen molar-refractivity contribution in [3.8, 4) is 5.69 Å². The van der Waals surface area contributed by atoms with Crippen molar-refractivity contribution >= 4 is 32.7 Å². The van der Waals surface area contributed by atoms with E-state index in [-0.39, 0.29) is 17.2 Å². The number of benzene rings is 4. The van der Waals surface area contributed by atoms with Crippen LogP contribution in [0.2, 0.25) is 0 Å². The number of carbonyl (C=O) groups is 1. The molecular weight excluding hydrogens is 623 g/mol.